The molecule has 104 valence electrons. The van der Waals surface area contributed by atoms with Crippen LogP contribution in [0.15, 0.2) is 24.3 Å². The molecule has 0 bridgehead atoms. The van der Waals surface area contributed by atoms with Crippen LogP contribution in [0.1, 0.15) is 39.2 Å². The summed E-state index contributed by atoms with van der Waals surface area (Å²) in [5.41, 5.74) is 8.24. The number of para-hydroxylation sites is 1. The van der Waals surface area contributed by atoms with Gasteiger partial charge in [-0.1, -0.05) is 39.0 Å². The summed E-state index contributed by atoms with van der Waals surface area (Å²) in [4.78, 5) is 14.5. The van der Waals surface area contributed by atoms with E-state index in [1.807, 2.05) is 43.9 Å². The van der Waals surface area contributed by atoms with Gasteiger partial charge < -0.3 is 10.6 Å². The van der Waals surface area contributed by atoms with Crippen molar-refractivity contribution >= 4 is 11.6 Å². The average molecular weight is 260 g/mol. The summed E-state index contributed by atoms with van der Waals surface area (Å²) in [5.74, 6) is 0.0434. The van der Waals surface area contributed by atoms with Gasteiger partial charge in [-0.3, -0.25) is 4.79 Å². The van der Waals surface area contributed by atoms with Crippen molar-refractivity contribution in [1.82, 2.24) is 0 Å². The highest BCUT2D eigenvalue weighted by atomic mass is 16.2. The molecule has 0 radical (unpaired) electrons. The fourth-order valence-electron chi connectivity index (χ4n) is 2.46. The van der Waals surface area contributed by atoms with Crippen molar-refractivity contribution in [3.05, 3.63) is 29.8 Å². The number of rotatable bonds is 1. The van der Waals surface area contributed by atoms with E-state index in [2.05, 4.69) is 6.07 Å². The predicted molar refractivity (Wildman–Crippen MR) is 79.2 cm³/mol. The quantitative estimate of drug-likeness (QED) is 0.844. The number of fused-ring (bicyclic) bond motifs is 1. The number of anilines is 1. The molecule has 0 fully saturated rings. The lowest BCUT2D eigenvalue weighted by Gasteiger charge is -2.32. The van der Waals surface area contributed by atoms with Gasteiger partial charge in [-0.15, -0.1) is 0 Å². The van der Waals surface area contributed by atoms with E-state index in [9.17, 15) is 4.79 Å². The summed E-state index contributed by atoms with van der Waals surface area (Å²) in [6.07, 6.45) is 3.22. The van der Waals surface area contributed by atoms with Crippen LogP contribution >= 0.6 is 0 Å². The van der Waals surface area contributed by atoms with E-state index < -0.39 is 6.04 Å². The van der Waals surface area contributed by atoms with E-state index in [0.29, 0.717) is 0 Å². The maximum atomic E-state index is 12.7. The molecule has 1 unspecified atom stereocenters. The highest BCUT2D eigenvalue weighted by Gasteiger charge is 2.32. The Morgan fingerprint density at radius 1 is 1.26 bits per heavy atom. The van der Waals surface area contributed by atoms with Gasteiger partial charge in [0.25, 0.3) is 0 Å². The van der Waals surface area contributed by atoms with Crippen LogP contribution in [0.25, 0.3) is 0 Å². The van der Waals surface area contributed by atoms with E-state index in [0.717, 1.165) is 31.5 Å². The summed E-state index contributed by atoms with van der Waals surface area (Å²) in [7, 11) is 0. The Bertz CT molecular complexity index is 462. The van der Waals surface area contributed by atoms with Gasteiger partial charge in [0.1, 0.15) is 0 Å². The van der Waals surface area contributed by atoms with Gasteiger partial charge in [0.15, 0.2) is 0 Å². The lowest BCUT2D eigenvalue weighted by atomic mass is 9.86. The number of benzene rings is 1. The summed E-state index contributed by atoms with van der Waals surface area (Å²) in [6.45, 7) is 6.82. The number of hydrogen-bond donors (Lipinski definition) is 1. The van der Waals surface area contributed by atoms with Crippen molar-refractivity contribution < 1.29 is 4.79 Å². The van der Waals surface area contributed by atoms with Crippen molar-refractivity contribution in [1.29, 1.82) is 0 Å². The first-order chi connectivity index (χ1) is 8.91. The molecule has 1 aliphatic rings. The molecule has 2 N–H and O–H groups in total. The van der Waals surface area contributed by atoms with Crippen LogP contribution < -0.4 is 10.6 Å². The van der Waals surface area contributed by atoms with Crippen LogP contribution in [0.2, 0.25) is 0 Å². The van der Waals surface area contributed by atoms with E-state index in [1.54, 1.807) is 0 Å². The standard InChI is InChI=1S/C16H24N2O/c1-16(2,3)14(17)15(19)18-11-7-6-9-12-8-4-5-10-13(12)18/h4-5,8,10,14H,6-7,9,11,17H2,1-3H3. The van der Waals surface area contributed by atoms with E-state index in [4.69, 9.17) is 5.73 Å². The molecule has 1 heterocycles. The molecule has 1 aliphatic heterocycles. The Morgan fingerprint density at radius 2 is 1.95 bits per heavy atom. The third-order valence-electron chi connectivity index (χ3n) is 3.83. The van der Waals surface area contributed by atoms with Crippen LogP contribution in [0.4, 0.5) is 5.69 Å². The van der Waals surface area contributed by atoms with Crippen molar-refractivity contribution in [2.75, 3.05) is 11.4 Å². The lowest BCUT2D eigenvalue weighted by Crippen LogP contribution is -2.50. The third kappa shape index (κ3) is 2.98. The second kappa shape index (κ2) is 5.33. The normalized spacial score (nSPS) is 17.6. The average Bonchev–Trinajstić information content (AvgIpc) is 2.58. The minimum atomic E-state index is -0.460. The molecule has 0 aliphatic carbocycles. The third-order valence-corrected chi connectivity index (χ3v) is 3.83. The van der Waals surface area contributed by atoms with Crippen molar-refractivity contribution in [3.8, 4) is 0 Å². The molecule has 1 aromatic rings. The Morgan fingerprint density at radius 3 is 2.63 bits per heavy atom. The van der Waals surface area contributed by atoms with Crippen molar-refractivity contribution in [2.24, 2.45) is 11.1 Å². The largest absolute Gasteiger partial charge is 0.319 e. The Hall–Kier alpha value is -1.35. The molecule has 0 saturated carbocycles. The van der Waals surface area contributed by atoms with E-state index in [-0.39, 0.29) is 11.3 Å². The Labute approximate surface area is 115 Å². The second-order valence-electron chi connectivity index (χ2n) is 6.42. The minimum absolute atomic E-state index is 0.0434. The van der Waals surface area contributed by atoms with Crippen LogP contribution in [-0.4, -0.2) is 18.5 Å². The maximum absolute atomic E-state index is 12.7. The molecule has 2 rings (SSSR count). The molecule has 1 aromatic carbocycles. The first-order valence-corrected chi connectivity index (χ1v) is 7.06. The first kappa shape index (κ1) is 14.1. The van der Waals surface area contributed by atoms with Crippen LogP contribution in [0, 0.1) is 5.41 Å². The van der Waals surface area contributed by atoms with Crippen LogP contribution in [0.3, 0.4) is 0 Å². The number of carbonyl (C=O) groups is 1. The molecule has 0 aromatic heterocycles. The van der Waals surface area contributed by atoms with E-state index >= 15 is 0 Å². The number of carbonyl (C=O) groups excluding carboxylic acids is 1. The molecular weight excluding hydrogens is 236 g/mol. The summed E-state index contributed by atoms with van der Waals surface area (Å²) in [5, 5.41) is 0. The predicted octanol–water partition coefficient (Wildman–Crippen LogP) is 2.73. The molecule has 0 saturated heterocycles. The van der Waals surface area contributed by atoms with Crippen molar-refractivity contribution in [2.45, 2.75) is 46.1 Å². The van der Waals surface area contributed by atoms with Gasteiger partial charge in [0.05, 0.1) is 6.04 Å². The summed E-state index contributed by atoms with van der Waals surface area (Å²) in [6, 6.07) is 7.72. The smallest absolute Gasteiger partial charge is 0.244 e. The number of nitrogens with zero attached hydrogens (tertiary/aromatic N) is 1. The zero-order valence-corrected chi connectivity index (χ0v) is 12.1. The van der Waals surface area contributed by atoms with Gasteiger partial charge in [-0.05, 0) is 36.3 Å². The number of aryl methyl sites for hydroxylation is 1. The van der Waals surface area contributed by atoms with Gasteiger partial charge in [-0.2, -0.15) is 0 Å². The SMILES string of the molecule is CC(C)(C)C(N)C(=O)N1CCCCc2ccccc21. The summed E-state index contributed by atoms with van der Waals surface area (Å²) >= 11 is 0. The highest BCUT2D eigenvalue weighted by molar-refractivity contribution is 5.98. The second-order valence-corrected chi connectivity index (χ2v) is 6.42. The minimum Gasteiger partial charge on any atom is -0.319 e. The number of nitrogens with two attached hydrogens (primary N) is 1. The van der Waals surface area contributed by atoms with Crippen molar-refractivity contribution in [3.63, 3.8) is 0 Å². The first-order valence-electron chi connectivity index (χ1n) is 7.06. The summed E-state index contributed by atoms with van der Waals surface area (Å²) < 4.78 is 0. The zero-order valence-electron chi connectivity index (χ0n) is 12.1. The number of hydrogen-bond acceptors (Lipinski definition) is 2. The highest BCUT2D eigenvalue weighted by Crippen LogP contribution is 2.28. The van der Waals surface area contributed by atoms with Gasteiger partial charge in [0.2, 0.25) is 5.91 Å². The molecule has 19 heavy (non-hydrogen) atoms. The zero-order chi connectivity index (χ0) is 14.0. The molecule has 1 atom stereocenters. The molecule has 3 heteroatoms. The van der Waals surface area contributed by atoms with Gasteiger partial charge in [-0.25, -0.2) is 0 Å². The molecule has 0 spiro atoms. The number of amides is 1. The Kier molecular flexibility index (Phi) is 3.95. The van der Waals surface area contributed by atoms with E-state index in [1.165, 1.54) is 5.56 Å². The fourth-order valence-corrected chi connectivity index (χ4v) is 2.46. The molecule has 3 nitrogen and oxygen atoms in total. The Balaban J connectivity index is 2.32. The van der Waals surface area contributed by atoms with Crippen LogP contribution in [-0.2, 0) is 11.2 Å². The van der Waals surface area contributed by atoms with Crippen LogP contribution in [0.5, 0.6) is 0 Å². The lowest BCUT2D eigenvalue weighted by molar-refractivity contribution is -0.121. The fraction of sp³-hybridized carbons (Fsp3) is 0.562. The molecule has 1 amide bonds. The molecular formula is C16H24N2O. The van der Waals surface area contributed by atoms with Gasteiger partial charge >= 0.3 is 0 Å². The monoisotopic (exact) mass is 260 g/mol. The topological polar surface area (TPSA) is 46.3 Å². The maximum Gasteiger partial charge on any atom is 0.244 e. The van der Waals surface area contributed by atoms with Gasteiger partial charge in [0, 0.05) is 12.2 Å².